The van der Waals surface area contributed by atoms with E-state index in [0.717, 1.165) is 5.82 Å². The lowest BCUT2D eigenvalue weighted by Crippen LogP contribution is -2.20. The van der Waals surface area contributed by atoms with Crippen molar-refractivity contribution < 1.29 is 4.74 Å². The van der Waals surface area contributed by atoms with Crippen molar-refractivity contribution in [2.45, 2.75) is 58.9 Å². The lowest BCUT2D eigenvalue weighted by molar-refractivity contribution is 0.260. The summed E-state index contributed by atoms with van der Waals surface area (Å²) in [6, 6.07) is 0.498. The van der Waals surface area contributed by atoms with Gasteiger partial charge in [-0.1, -0.05) is 34.6 Å². The first-order valence-corrected chi connectivity index (χ1v) is 7.34. The summed E-state index contributed by atoms with van der Waals surface area (Å²) in [5.41, 5.74) is 6.53. The third kappa shape index (κ3) is 3.74. The molecular formula is C15H26N4O. The van der Waals surface area contributed by atoms with E-state index in [1.54, 1.807) is 0 Å². The molecule has 0 atom stereocenters. The molecule has 1 aliphatic carbocycles. The fourth-order valence-electron chi connectivity index (χ4n) is 1.67. The normalized spacial score (nSPS) is 15.5. The van der Waals surface area contributed by atoms with Crippen LogP contribution in [0.15, 0.2) is 0 Å². The molecule has 2 rings (SSSR count). The molecule has 1 saturated carbocycles. The Labute approximate surface area is 121 Å². The molecule has 0 aliphatic heterocycles. The van der Waals surface area contributed by atoms with Crippen LogP contribution in [-0.2, 0) is 5.41 Å². The minimum Gasteiger partial charge on any atom is -0.476 e. The molecule has 3 N–H and O–H groups in total. The second-order valence-corrected chi connectivity index (χ2v) is 6.99. The maximum Gasteiger partial charge on any atom is 0.242 e. The second kappa shape index (κ2) is 5.46. The fraction of sp³-hybridized carbons (Fsp3) is 0.733. The van der Waals surface area contributed by atoms with Crippen molar-refractivity contribution in [3.63, 3.8) is 0 Å². The third-order valence-electron chi connectivity index (χ3n) is 3.05. The van der Waals surface area contributed by atoms with Crippen LogP contribution in [0.2, 0.25) is 0 Å². The molecule has 1 aliphatic rings. The molecule has 5 heteroatoms. The van der Waals surface area contributed by atoms with Gasteiger partial charge in [0.2, 0.25) is 5.88 Å². The van der Waals surface area contributed by atoms with Gasteiger partial charge in [-0.15, -0.1) is 0 Å². The van der Waals surface area contributed by atoms with E-state index in [0.29, 0.717) is 36.0 Å². The van der Waals surface area contributed by atoms with Gasteiger partial charge in [0.05, 0.1) is 6.61 Å². The highest BCUT2D eigenvalue weighted by atomic mass is 16.5. The lowest BCUT2D eigenvalue weighted by Gasteiger charge is -2.21. The minimum absolute atomic E-state index is 0.135. The van der Waals surface area contributed by atoms with Gasteiger partial charge in [-0.3, -0.25) is 0 Å². The van der Waals surface area contributed by atoms with Gasteiger partial charge in [0.1, 0.15) is 11.5 Å². The summed E-state index contributed by atoms with van der Waals surface area (Å²) in [6.45, 7) is 11.1. The van der Waals surface area contributed by atoms with Crippen molar-refractivity contribution in [1.82, 2.24) is 9.97 Å². The molecular weight excluding hydrogens is 252 g/mol. The Hall–Kier alpha value is -1.52. The van der Waals surface area contributed by atoms with Gasteiger partial charge in [0.15, 0.2) is 5.82 Å². The predicted molar refractivity (Wildman–Crippen MR) is 82.1 cm³/mol. The highest BCUT2D eigenvalue weighted by molar-refractivity contribution is 5.67. The summed E-state index contributed by atoms with van der Waals surface area (Å²) in [7, 11) is 0. The van der Waals surface area contributed by atoms with Crippen molar-refractivity contribution in [2.24, 2.45) is 5.92 Å². The molecule has 20 heavy (non-hydrogen) atoms. The predicted octanol–water partition coefficient (Wildman–Crippen LogP) is 2.97. The molecule has 1 heterocycles. The average Bonchev–Trinajstić information content (AvgIpc) is 3.12. The monoisotopic (exact) mass is 278 g/mol. The summed E-state index contributed by atoms with van der Waals surface area (Å²) < 4.78 is 5.76. The number of hydrogen-bond acceptors (Lipinski definition) is 5. The first kappa shape index (κ1) is 14.9. The molecule has 1 aromatic rings. The van der Waals surface area contributed by atoms with E-state index in [1.165, 1.54) is 12.8 Å². The van der Waals surface area contributed by atoms with E-state index >= 15 is 0 Å². The van der Waals surface area contributed by atoms with E-state index in [4.69, 9.17) is 10.5 Å². The van der Waals surface area contributed by atoms with Crippen LogP contribution in [0.3, 0.4) is 0 Å². The maximum atomic E-state index is 6.15. The highest BCUT2D eigenvalue weighted by Crippen LogP contribution is 2.33. The molecule has 5 nitrogen and oxygen atoms in total. The van der Waals surface area contributed by atoms with Gasteiger partial charge < -0.3 is 15.8 Å². The summed E-state index contributed by atoms with van der Waals surface area (Å²) in [6.07, 6.45) is 2.35. The first-order valence-electron chi connectivity index (χ1n) is 7.34. The van der Waals surface area contributed by atoms with Crippen LogP contribution in [0, 0.1) is 5.92 Å². The number of anilines is 2. The van der Waals surface area contributed by atoms with Crippen LogP contribution in [-0.4, -0.2) is 22.6 Å². The van der Waals surface area contributed by atoms with E-state index in [2.05, 4.69) is 49.9 Å². The average molecular weight is 278 g/mol. The number of nitrogen functional groups attached to an aromatic ring is 1. The van der Waals surface area contributed by atoms with Gasteiger partial charge in [-0.25, -0.2) is 4.98 Å². The Kier molecular flexibility index (Phi) is 4.06. The Morgan fingerprint density at radius 1 is 1.30 bits per heavy atom. The molecule has 0 amide bonds. The van der Waals surface area contributed by atoms with Gasteiger partial charge in [-0.05, 0) is 18.8 Å². The number of aromatic nitrogens is 2. The Bertz CT molecular complexity index is 475. The van der Waals surface area contributed by atoms with Crippen molar-refractivity contribution in [3.8, 4) is 5.88 Å². The molecule has 0 aromatic carbocycles. The van der Waals surface area contributed by atoms with Crippen LogP contribution >= 0.6 is 0 Å². The molecule has 0 saturated heterocycles. The lowest BCUT2D eigenvalue weighted by atomic mass is 9.96. The van der Waals surface area contributed by atoms with E-state index in [1.807, 2.05) is 0 Å². The van der Waals surface area contributed by atoms with Crippen LogP contribution in [0.1, 0.15) is 53.3 Å². The van der Waals surface area contributed by atoms with Gasteiger partial charge in [0.25, 0.3) is 0 Å². The van der Waals surface area contributed by atoms with E-state index < -0.39 is 0 Å². The molecule has 0 radical (unpaired) electrons. The Morgan fingerprint density at radius 2 is 1.95 bits per heavy atom. The van der Waals surface area contributed by atoms with Crippen LogP contribution in [0.5, 0.6) is 5.88 Å². The quantitative estimate of drug-likeness (QED) is 0.866. The molecule has 1 fully saturated rings. The number of ether oxygens (including phenoxy) is 1. The molecule has 112 valence electrons. The van der Waals surface area contributed by atoms with E-state index in [9.17, 15) is 0 Å². The summed E-state index contributed by atoms with van der Waals surface area (Å²) in [5.74, 6) is 2.41. The summed E-state index contributed by atoms with van der Waals surface area (Å²) >= 11 is 0. The maximum absolute atomic E-state index is 6.15. The van der Waals surface area contributed by atoms with Gasteiger partial charge >= 0.3 is 0 Å². The largest absolute Gasteiger partial charge is 0.476 e. The van der Waals surface area contributed by atoms with Crippen molar-refractivity contribution in [1.29, 1.82) is 0 Å². The Morgan fingerprint density at radius 3 is 2.45 bits per heavy atom. The van der Waals surface area contributed by atoms with Gasteiger partial charge in [0, 0.05) is 11.5 Å². The smallest absolute Gasteiger partial charge is 0.242 e. The molecule has 0 bridgehead atoms. The third-order valence-corrected chi connectivity index (χ3v) is 3.05. The number of nitrogens with two attached hydrogens (primary N) is 1. The molecule has 0 unspecified atom stereocenters. The van der Waals surface area contributed by atoms with Crippen molar-refractivity contribution in [3.05, 3.63) is 5.82 Å². The number of rotatable bonds is 5. The number of nitrogens with one attached hydrogen (secondary N) is 1. The number of nitrogens with zero attached hydrogens (tertiary/aromatic N) is 2. The van der Waals surface area contributed by atoms with Crippen molar-refractivity contribution in [2.75, 3.05) is 17.7 Å². The van der Waals surface area contributed by atoms with Crippen LogP contribution in [0.4, 0.5) is 11.5 Å². The zero-order valence-electron chi connectivity index (χ0n) is 13.2. The minimum atomic E-state index is -0.135. The second-order valence-electron chi connectivity index (χ2n) is 6.99. The zero-order chi connectivity index (χ0) is 14.9. The van der Waals surface area contributed by atoms with E-state index in [-0.39, 0.29) is 5.41 Å². The highest BCUT2D eigenvalue weighted by Gasteiger charge is 2.26. The Balaban J connectivity index is 2.31. The summed E-state index contributed by atoms with van der Waals surface area (Å²) in [5, 5.41) is 3.37. The van der Waals surface area contributed by atoms with Gasteiger partial charge in [-0.2, -0.15) is 4.98 Å². The van der Waals surface area contributed by atoms with Crippen molar-refractivity contribution >= 4 is 11.5 Å². The van der Waals surface area contributed by atoms with Crippen LogP contribution < -0.4 is 15.8 Å². The number of hydrogen-bond donors (Lipinski definition) is 2. The van der Waals surface area contributed by atoms with Crippen LogP contribution in [0.25, 0.3) is 0 Å². The fourth-order valence-corrected chi connectivity index (χ4v) is 1.67. The topological polar surface area (TPSA) is 73.1 Å². The molecule has 0 spiro atoms. The zero-order valence-corrected chi connectivity index (χ0v) is 13.2. The SMILES string of the molecule is CC(C)COc1nc(C(C)(C)C)nc(NC2CC2)c1N. The standard InChI is InChI=1S/C15H26N4O/c1-9(2)8-20-13-11(16)12(17-10-6-7-10)18-14(19-13)15(3,4)5/h9-10H,6-8,16H2,1-5H3,(H,17,18,19). The summed E-state index contributed by atoms with van der Waals surface area (Å²) in [4.78, 5) is 9.09. The first-order chi connectivity index (χ1) is 9.27. The molecule has 1 aromatic heterocycles.